The van der Waals surface area contributed by atoms with Crippen LogP contribution in [0.15, 0.2) is 41.5 Å². The number of aryl methyl sites for hydroxylation is 2. The predicted molar refractivity (Wildman–Crippen MR) is 133 cm³/mol. The van der Waals surface area contributed by atoms with Crippen molar-refractivity contribution in [3.8, 4) is 17.0 Å². The van der Waals surface area contributed by atoms with Gasteiger partial charge in [-0.25, -0.2) is 19.3 Å². The summed E-state index contributed by atoms with van der Waals surface area (Å²) >= 11 is 5.96. The van der Waals surface area contributed by atoms with Gasteiger partial charge in [0.25, 0.3) is 5.56 Å². The zero-order valence-corrected chi connectivity index (χ0v) is 20.4. The first-order chi connectivity index (χ1) is 16.8. The number of piperidine rings is 1. The molecular formula is C25H24ClFN6O2. The molecule has 0 amide bonds. The monoisotopic (exact) mass is 494 g/mol. The van der Waals surface area contributed by atoms with Gasteiger partial charge in [0.2, 0.25) is 5.95 Å². The van der Waals surface area contributed by atoms with Crippen LogP contribution in [0.3, 0.4) is 0 Å². The van der Waals surface area contributed by atoms with Gasteiger partial charge < -0.3 is 9.64 Å². The molecule has 1 aromatic carbocycles. The van der Waals surface area contributed by atoms with Gasteiger partial charge in [-0.2, -0.15) is 0 Å². The maximum atomic E-state index is 14.9. The number of aromatic nitrogens is 5. The molecule has 1 aliphatic heterocycles. The average Bonchev–Trinajstić information content (AvgIpc) is 2.84. The first kappa shape index (κ1) is 23.2. The number of halogens is 2. The van der Waals surface area contributed by atoms with Crippen molar-refractivity contribution in [1.82, 2.24) is 24.5 Å². The van der Waals surface area contributed by atoms with E-state index in [4.69, 9.17) is 21.3 Å². The largest absolute Gasteiger partial charge is 0.490 e. The number of hydrogen-bond acceptors (Lipinski definition) is 7. The third kappa shape index (κ3) is 4.43. The highest BCUT2D eigenvalue weighted by molar-refractivity contribution is 6.30. The van der Waals surface area contributed by atoms with Crippen molar-refractivity contribution in [2.45, 2.75) is 32.8 Å². The standard InChI is InChI=1S/C25H24ClFN6O2/c1-14-13-28-9-6-20(14)35-17-7-10-33(11-8-17)25-30-21(18-5-4-16(26)12-19(18)27)22-23(31-25)24(34)32(3)15(2)29-22/h4-6,9,12-13,17H,7-8,10-11H2,1-3H3. The van der Waals surface area contributed by atoms with E-state index >= 15 is 0 Å². The fourth-order valence-corrected chi connectivity index (χ4v) is 4.36. The second-order valence-electron chi connectivity index (χ2n) is 8.66. The number of benzene rings is 1. The van der Waals surface area contributed by atoms with Crippen LogP contribution in [0.25, 0.3) is 22.3 Å². The van der Waals surface area contributed by atoms with E-state index in [0.29, 0.717) is 24.9 Å². The van der Waals surface area contributed by atoms with E-state index < -0.39 is 5.82 Å². The molecule has 0 bridgehead atoms. The Morgan fingerprint density at radius 3 is 2.57 bits per heavy atom. The summed E-state index contributed by atoms with van der Waals surface area (Å²) < 4.78 is 22.5. The van der Waals surface area contributed by atoms with E-state index in [1.165, 1.54) is 10.6 Å². The summed E-state index contributed by atoms with van der Waals surface area (Å²) in [5, 5.41) is 0.274. The van der Waals surface area contributed by atoms with Gasteiger partial charge in [-0.05, 0) is 38.1 Å². The molecule has 8 nitrogen and oxygen atoms in total. The first-order valence-corrected chi connectivity index (χ1v) is 11.7. The van der Waals surface area contributed by atoms with Crippen molar-refractivity contribution < 1.29 is 9.13 Å². The van der Waals surface area contributed by atoms with Crippen molar-refractivity contribution in [1.29, 1.82) is 0 Å². The molecular weight excluding hydrogens is 471 g/mol. The van der Waals surface area contributed by atoms with E-state index in [1.54, 1.807) is 38.5 Å². The van der Waals surface area contributed by atoms with Crippen LogP contribution in [-0.4, -0.2) is 43.7 Å². The Balaban J connectivity index is 1.51. The van der Waals surface area contributed by atoms with Gasteiger partial charge in [-0.3, -0.25) is 14.3 Å². The Morgan fingerprint density at radius 2 is 1.86 bits per heavy atom. The van der Waals surface area contributed by atoms with Crippen LogP contribution < -0.4 is 15.2 Å². The van der Waals surface area contributed by atoms with Gasteiger partial charge in [0.1, 0.15) is 34.7 Å². The molecule has 0 radical (unpaired) electrons. The first-order valence-electron chi connectivity index (χ1n) is 11.3. The van der Waals surface area contributed by atoms with Gasteiger partial charge in [0, 0.05) is 61.5 Å². The molecule has 4 heterocycles. The lowest BCUT2D eigenvalue weighted by molar-refractivity contribution is 0.169. The van der Waals surface area contributed by atoms with E-state index in [9.17, 15) is 9.18 Å². The summed E-state index contributed by atoms with van der Waals surface area (Å²) in [4.78, 5) is 33.0. The summed E-state index contributed by atoms with van der Waals surface area (Å²) in [5.74, 6) is 1.14. The Bertz CT molecular complexity index is 1480. The SMILES string of the molecule is Cc1cnccc1OC1CCN(c2nc(-c3ccc(Cl)cc3F)c3nc(C)n(C)c(=O)c3n2)CC1. The Labute approximate surface area is 206 Å². The second kappa shape index (κ2) is 9.22. The van der Waals surface area contributed by atoms with Gasteiger partial charge in [-0.15, -0.1) is 0 Å². The molecule has 10 heteroatoms. The van der Waals surface area contributed by atoms with Crippen LogP contribution in [0, 0.1) is 19.7 Å². The highest BCUT2D eigenvalue weighted by Crippen LogP contribution is 2.31. The van der Waals surface area contributed by atoms with Crippen LogP contribution in [-0.2, 0) is 7.05 Å². The normalized spacial score (nSPS) is 14.5. The summed E-state index contributed by atoms with van der Waals surface area (Å²) in [6, 6.07) is 6.23. The van der Waals surface area contributed by atoms with Crippen LogP contribution in [0.1, 0.15) is 24.2 Å². The summed E-state index contributed by atoms with van der Waals surface area (Å²) in [6.45, 7) is 4.94. The lowest BCUT2D eigenvalue weighted by Crippen LogP contribution is -2.39. The second-order valence-corrected chi connectivity index (χ2v) is 9.10. The fourth-order valence-electron chi connectivity index (χ4n) is 4.20. The lowest BCUT2D eigenvalue weighted by atomic mass is 10.1. The maximum Gasteiger partial charge on any atom is 0.279 e. The van der Waals surface area contributed by atoms with Crippen molar-refractivity contribution in [2.24, 2.45) is 7.05 Å². The maximum absolute atomic E-state index is 14.9. The molecule has 1 aliphatic rings. The lowest BCUT2D eigenvalue weighted by Gasteiger charge is -2.32. The molecule has 3 aromatic heterocycles. The summed E-state index contributed by atoms with van der Waals surface area (Å²) in [7, 11) is 1.64. The van der Waals surface area contributed by atoms with E-state index in [0.717, 1.165) is 24.2 Å². The minimum Gasteiger partial charge on any atom is -0.490 e. The summed E-state index contributed by atoms with van der Waals surface area (Å²) in [5.41, 5.74) is 1.58. The van der Waals surface area contributed by atoms with Crippen molar-refractivity contribution in [3.63, 3.8) is 0 Å². The number of ether oxygens (including phenoxy) is 1. The molecule has 0 atom stereocenters. The zero-order valence-electron chi connectivity index (χ0n) is 19.6. The van der Waals surface area contributed by atoms with Crippen LogP contribution in [0.4, 0.5) is 10.3 Å². The third-order valence-electron chi connectivity index (χ3n) is 6.31. The van der Waals surface area contributed by atoms with E-state index in [-0.39, 0.29) is 39.0 Å². The Kier molecular flexibility index (Phi) is 6.10. The van der Waals surface area contributed by atoms with Crippen LogP contribution >= 0.6 is 11.6 Å². The molecule has 35 heavy (non-hydrogen) atoms. The fraction of sp³-hybridized carbons (Fsp3) is 0.320. The molecule has 0 spiro atoms. The van der Waals surface area contributed by atoms with Gasteiger partial charge in [0.15, 0.2) is 5.52 Å². The van der Waals surface area contributed by atoms with Crippen LogP contribution in [0.2, 0.25) is 5.02 Å². The molecule has 1 saturated heterocycles. The highest BCUT2D eigenvalue weighted by Gasteiger charge is 2.26. The molecule has 180 valence electrons. The summed E-state index contributed by atoms with van der Waals surface area (Å²) in [6.07, 6.45) is 5.03. The average molecular weight is 495 g/mol. The van der Waals surface area contributed by atoms with Crippen molar-refractivity contribution in [3.05, 3.63) is 69.2 Å². The zero-order chi connectivity index (χ0) is 24.7. The predicted octanol–water partition coefficient (Wildman–Crippen LogP) is 4.24. The Hall–Kier alpha value is -3.59. The third-order valence-corrected chi connectivity index (χ3v) is 6.55. The van der Waals surface area contributed by atoms with Crippen molar-refractivity contribution >= 4 is 28.6 Å². The minimum atomic E-state index is -0.539. The quantitative estimate of drug-likeness (QED) is 0.419. The molecule has 0 saturated carbocycles. The molecule has 5 rings (SSSR count). The number of hydrogen-bond donors (Lipinski definition) is 0. The molecule has 0 unspecified atom stereocenters. The number of pyridine rings is 1. The topological polar surface area (TPSA) is 86.0 Å². The van der Waals surface area contributed by atoms with E-state index in [1.807, 2.05) is 17.9 Å². The molecule has 1 fully saturated rings. The molecule has 0 N–H and O–H groups in total. The Morgan fingerprint density at radius 1 is 1.09 bits per heavy atom. The van der Waals surface area contributed by atoms with Gasteiger partial charge >= 0.3 is 0 Å². The minimum absolute atomic E-state index is 0.0400. The van der Waals surface area contributed by atoms with E-state index in [2.05, 4.69) is 15.0 Å². The molecule has 4 aromatic rings. The number of anilines is 1. The smallest absolute Gasteiger partial charge is 0.279 e. The van der Waals surface area contributed by atoms with Gasteiger partial charge in [0.05, 0.1) is 0 Å². The number of rotatable bonds is 4. The van der Waals surface area contributed by atoms with Gasteiger partial charge in [-0.1, -0.05) is 11.6 Å². The number of fused-ring (bicyclic) bond motifs is 1. The van der Waals surface area contributed by atoms with Crippen molar-refractivity contribution in [2.75, 3.05) is 18.0 Å². The highest BCUT2D eigenvalue weighted by atomic mass is 35.5. The molecule has 0 aliphatic carbocycles. The number of nitrogens with zero attached hydrogens (tertiary/aromatic N) is 6. The van der Waals surface area contributed by atoms with Crippen LogP contribution in [0.5, 0.6) is 5.75 Å².